The summed E-state index contributed by atoms with van der Waals surface area (Å²) in [6.07, 6.45) is 5.73. The zero-order valence-electron chi connectivity index (χ0n) is 16.6. The van der Waals surface area contributed by atoms with E-state index in [0.717, 1.165) is 44.6 Å². The first kappa shape index (κ1) is 19.2. The predicted molar refractivity (Wildman–Crippen MR) is 123 cm³/mol. The third-order valence-electron chi connectivity index (χ3n) is 5.58. The van der Waals surface area contributed by atoms with Gasteiger partial charge in [0, 0.05) is 60.9 Å². The molecule has 5 nitrogen and oxygen atoms in total. The second kappa shape index (κ2) is 7.78. The van der Waals surface area contributed by atoms with Gasteiger partial charge in [-0.15, -0.1) is 11.3 Å². The Labute approximate surface area is 184 Å². The monoisotopic (exact) mass is 436 g/mol. The molecule has 0 aliphatic carbocycles. The van der Waals surface area contributed by atoms with Crippen molar-refractivity contribution in [2.45, 2.75) is 6.92 Å². The highest BCUT2D eigenvalue weighted by Crippen LogP contribution is 2.34. The highest BCUT2D eigenvalue weighted by atomic mass is 35.5. The van der Waals surface area contributed by atoms with Crippen molar-refractivity contribution < 1.29 is 4.79 Å². The van der Waals surface area contributed by atoms with Crippen LogP contribution in [-0.2, 0) is 0 Å². The molecule has 1 amide bonds. The van der Waals surface area contributed by atoms with Crippen LogP contribution in [0, 0.1) is 6.92 Å². The number of piperazine rings is 1. The van der Waals surface area contributed by atoms with Crippen molar-refractivity contribution in [2.24, 2.45) is 0 Å². The number of aryl methyl sites for hydroxylation is 1. The average molecular weight is 437 g/mol. The molecule has 4 aromatic rings. The van der Waals surface area contributed by atoms with Crippen LogP contribution in [0.4, 0.5) is 5.69 Å². The standard InChI is InChI=1S/C23H21ClN4OS/c1-16-6-7-17(24)15-19(16)26-11-13-28(14-12-26)23(29)21-20(27-9-2-3-10-27)18-5-4-8-25-22(18)30-21/h2-10,15H,11-14H2,1H3. The van der Waals surface area contributed by atoms with Gasteiger partial charge in [0.15, 0.2) is 0 Å². The number of halogens is 1. The molecule has 0 spiro atoms. The molecule has 1 saturated heterocycles. The van der Waals surface area contributed by atoms with Crippen LogP contribution in [0.15, 0.2) is 61.1 Å². The predicted octanol–water partition coefficient (Wildman–Crippen LogP) is 5.01. The van der Waals surface area contributed by atoms with Gasteiger partial charge in [-0.25, -0.2) is 4.98 Å². The number of thiophene rings is 1. The van der Waals surface area contributed by atoms with E-state index in [4.69, 9.17) is 11.6 Å². The number of aromatic nitrogens is 2. The number of benzene rings is 1. The maximum absolute atomic E-state index is 13.5. The summed E-state index contributed by atoms with van der Waals surface area (Å²) in [7, 11) is 0. The van der Waals surface area contributed by atoms with Gasteiger partial charge in [0.1, 0.15) is 9.71 Å². The van der Waals surface area contributed by atoms with E-state index >= 15 is 0 Å². The quantitative estimate of drug-likeness (QED) is 0.453. The zero-order valence-corrected chi connectivity index (χ0v) is 18.2. The third kappa shape index (κ3) is 3.36. The molecule has 0 radical (unpaired) electrons. The molecule has 30 heavy (non-hydrogen) atoms. The first-order valence-corrected chi connectivity index (χ1v) is 11.1. The number of fused-ring (bicyclic) bond motifs is 1. The Bertz CT molecular complexity index is 1210. The van der Waals surface area contributed by atoms with Crippen LogP contribution in [0.5, 0.6) is 0 Å². The molecule has 0 atom stereocenters. The van der Waals surface area contributed by atoms with E-state index in [2.05, 4.69) is 16.8 Å². The minimum absolute atomic E-state index is 0.0733. The van der Waals surface area contributed by atoms with E-state index in [9.17, 15) is 4.79 Å². The number of nitrogens with zero attached hydrogens (tertiary/aromatic N) is 4. The molecule has 0 bridgehead atoms. The van der Waals surface area contributed by atoms with Crippen LogP contribution in [0.25, 0.3) is 15.9 Å². The molecule has 7 heteroatoms. The van der Waals surface area contributed by atoms with Crippen molar-refractivity contribution in [1.29, 1.82) is 0 Å². The Hall–Kier alpha value is -2.83. The fourth-order valence-electron chi connectivity index (χ4n) is 4.02. The number of amides is 1. The summed E-state index contributed by atoms with van der Waals surface area (Å²) in [5, 5.41) is 1.75. The Morgan fingerprint density at radius 3 is 2.60 bits per heavy atom. The topological polar surface area (TPSA) is 41.4 Å². The molecule has 3 aromatic heterocycles. The van der Waals surface area contributed by atoms with Crippen LogP contribution in [0.3, 0.4) is 0 Å². The molecule has 0 N–H and O–H groups in total. The molecular formula is C23H21ClN4OS. The molecule has 0 saturated carbocycles. The second-order valence-corrected chi connectivity index (χ2v) is 8.87. The minimum Gasteiger partial charge on any atom is -0.368 e. The Balaban J connectivity index is 1.42. The maximum atomic E-state index is 13.5. The van der Waals surface area contributed by atoms with Crippen LogP contribution in [0.2, 0.25) is 5.02 Å². The van der Waals surface area contributed by atoms with Gasteiger partial charge in [0.25, 0.3) is 5.91 Å². The molecule has 1 aliphatic heterocycles. The minimum atomic E-state index is 0.0733. The van der Waals surface area contributed by atoms with Crippen LogP contribution < -0.4 is 4.90 Å². The van der Waals surface area contributed by atoms with Crippen LogP contribution in [-0.4, -0.2) is 46.5 Å². The smallest absolute Gasteiger partial charge is 0.266 e. The molecule has 5 rings (SSSR count). The summed E-state index contributed by atoms with van der Waals surface area (Å²) in [4.78, 5) is 23.9. The Kier molecular flexibility index (Phi) is 4.97. The van der Waals surface area contributed by atoms with Crippen molar-refractivity contribution in [2.75, 3.05) is 31.1 Å². The lowest BCUT2D eigenvalue weighted by Gasteiger charge is -2.36. The highest BCUT2D eigenvalue weighted by molar-refractivity contribution is 7.21. The fraction of sp³-hybridized carbons (Fsp3) is 0.217. The summed E-state index contributed by atoms with van der Waals surface area (Å²) in [6, 6.07) is 13.9. The number of hydrogen-bond donors (Lipinski definition) is 0. The number of rotatable bonds is 3. The zero-order chi connectivity index (χ0) is 20.7. The van der Waals surface area contributed by atoms with Gasteiger partial charge in [-0.3, -0.25) is 4.79 Å². The van der Waals surface area contributed by atoms with Crippen molar-refractivity contribution in [3.63, 3.8) is 0 Å². The molecule has 0 unspecified atom stereocenters. The number of carbonyl (C=O) groups excluding carboxylic acids is 1. The molecular weight excluding hydrogens is 416 g/mol. The summed E-state index contributed by atoms with van der Waals surface area (Å²) in [5.41, 5.74) is 3.27. The lowest BCUT2D eigenvalue weighted by Crippen LogP contribution is -2.49. The van der Waals surface area contributed by atoms with E-state index in [0.29, 0.717) is 13.1 Å². The van der Waals surface area contributed by atoms with Gasteiger partial charge < -0.3 is 14.4 Å². The summed E-state index contributed by atoms with van der Waals surface area (Å²) in [5.74, 6) is 0.0733. The summed E-state index contributed by atoms with van der Waals surface area (Å²) >= 11 is 7.67. The van der Waals surface area contributed by atoms with E-state index < -0.39 is 0 Å². The van der Waals surface area contributed by atoms with E-state index in [1.165, 1.54) is 16.9 Å². The molecule has 1 aliphatic rings. The van der Waals surface area contributed by atoms with E-state index in [1.807, 2.05) is 64.3 Å². The lowest BCUT2D eigenvalue weighted by molar-refractivity contribution is 0.0751. The molecule has 4 heterocycles. The number of pyridine rings is 1. The Morgan fingerprint density at radius 1 is 1.07 bits per heavy atom. The van der Waals surface area contributed by atoms with E-state index in [1.54, 1.807) is 6.20 Å². The normalized spacial score (nSPS) is 14.5. The first-order valence-electron chi connectivity index (χ1n) is 9.93. The van der Waals surface area contributed by atoms with Crippen LogP contribution in [0.1, 0.15) is 15.2 Å². The van der Waals surface area contributed by atoms with E-state index in [-0.39, 0.29) is 5.91 Å². The lowest BCUT2D eigenvalue weighted by atomic mass is 10.1. The van der Waals surface area contributed by atoms with Crippen LogP contribution >= 0.6 is 22.9 Å². The SMILES string of the molecule is Cc1ccc(Cl)cc1N1CCN(C(=O)c2sc3ncccc3c2-n2cccc2)CC1. The maximum Gasteiger partial charge on any atom is 0.266 e. The van der Waals surface area contributed by atoms with Gasteiger partial charge in [0.05, 0.1) is 5.69 Å². The molecule has 1 fully saturated rings. The molecule has 152 valence electrons. The second-order valence-electron chi connectivity index (χ2n) is 7.44. The van der Waals surface area contributed by atoms with Crippen molar-refractivity contribution in [3.05, 3.63) is 76.5 Å². The van der Waals surface area contributed by atoms with Gasteiger partial charge in [-0.2, -0.15) is 0 Å². The largest absolute Gasteiger partial charge is 0.368 e. The summed E-state index contributed by atoms with van der Waals surface area (Å²) in [6.45, 7) is 5.02. The number of hydrogen-bond acceptors (Lipinski definition) is 4. The first-order chi connectivity index (χ1) is 14.6. The third-order valence-corrected chi connectivity index (χ3v) is 6.90. The van der Waals surface area contributed by atoms with Crippen molar-refractivity contribution in [1.82, 2.24) is 14.5 Å². The van der Waals surface area contributed by atoms with Gasteiger partial charge in [-0.05, 0) is 48.9 Å². The van der Waals surface area contributed by atoms with Gasteiger partial charge in [0.2, 0.25) is 0 Å². The van der Waals surface area contributed by atoms with Gasteiger partial charge >= 0.3 is 0 Å². The average Bonchev–Trinajstić information content (AvgIpc) is 3.42. The van der Waals surface area contributed by atoms with Gasteiger partial charge in [-0.1, -0.05) is 17.7 Å². The Morgan fingerprint density at radius 2 is 1.83 bits per heavy atom. The number of anilines is 1. The fourth-order valence-corrected chi connectivity index (χ4v) is 5.30. The van der Waals surface area contributed by atoms with Crippen molar-refractivity contribution in [3.8, 4) is 5.69 Å². The summed E-state index contributed by atoms with van der Waals surface area (Å²) < 4.78 is 2.01. The number of carbonyl (C=O) groups is 1. The highest BCUT2D eigenvalue weighted by Gasteiger charge is 2.28. The van der Waals surface area contributed by atoms with Crippen molar-refractivity contribution >= 4 is 44.7 Å². The molecule has 1 aromatic carbocycles.